The van der Waals surface area contributed by atoms with Crippen molar-refractivity contribution in [2.75, 3.05) is 0 Å². The first-order chi connectivity index (χ1) is 13.6. The van der Waals surface area contributed by atoms with Gasteiger partial charge in [-0.3, -0.25) is 14.6 Å². The summed E-state index contributed by atoms with van der Waals surface area (Å²) in [6.45, 7) is 0.404. The fraction of sp³-hybridized carbons (Fsp3) is 0.136. The molecule has 5 nitrogen and oxygen atoms in total. The number of nitrogens with one attached hydrogen (secondary N) is 2. The van der Waals surface area contributed by atoms with E-state index in [-0.39, 0.29) is 18.2 Å². The van der Waals surface area contributed by atoms with Crippen LogP contribution in [0.5, 0.6) is 0 Å². The topological polar surface area (TPSA) is 71.1 Å². The first-order valence-corrected chi connectivity index (χ1v) is 9.27. The molecular weight excluding hydrogens is 374 g/mol. The molecule has 6 heteroatoms. The van der Waals surface area contributed by atoms with Crippen LogP contribution in [0.1, 0.15) is 33.9 Å². The average Bonchev–Trinajstić information content (AvgIpc) is 2.73. The van der Waals surface area contributed by atoms with E-state index in [1.54, 1.807) is 36.7 Å². The molecule has 1 heterocycles. The summed E-state index contributed by atoms with van der Waals surface area (Å²) in [6.07, 6.45) is 3.47. The van der Waals surface area contributed by atoms with Crippen LogP contribution in [0.4, 0.5) is 0 Å². The largest absolute Gasteiger partial charge is 0.352 e. The van der Waals surface area contributed by atoms with Gasteiger partial charge < -0.3 is 10.6 Å². The van der Waals surface area contributed by atoms with Crippen molar-refractivity contribution in [3.8, 4) is 0 Å². The molecule has 0 aliphatic carbocycles. The number of amides is 2. The summed E-state index contributed by atoms with van der Waals surface area (Å²) in [7, 11) is 0. The summed E-state index contributed by atoms with van der Waals surface area (Å²) in [4.78, 5) is 29.1. The summed E-state index contributed by atoms with van der Waals surface area (Å²) < 4.78 is 0. The number of rotatable bonds is 7. The molecule has 3 aromatic rings. The van der Waals surface area contributed by atoms with Crippen molar-refractivity contribution in [3.05, 3.63) is 101 Å². The molecule has 0 aliphatic rings. The van der Waals surface area contributed by atoms with E-state index in [2.05, 4.69) is 15.6 Å². The third-order valence-corrected chi connectivity index (χ3v) is 4.58. The molecule has 2 amide bonds. The van der Waals surface area contributed by atoms with Gasteiger partial charge in [-0.15, -0.1) is 0 Å². The molecule has 0 spiro atoms. The molecule has 2 aromatic carbocycles. The number of pyridine rings is 1. The molecule has 28 heavy (non-hydrogen) atoms. The minimum absolute atomic E-state index is 0.116. The number of benzene rings is 2. The highest BCUT2D eigenvalue weighted by Gasteiger charge is 2.20. The Morgan fingerprint density at radius 3 is 2.32 bits per heavy atom. The van der Waals surface area contributed by atoms with E-state index in [4.69, 9.17) is 11.6 Å². The number of halogens is 1. The molecule has 142 valence electrons. The van der Waals surface area contributed by atoms with Crippen LogP contribution in [0.2, 0.25) is 5.02 Å². The zero-order valence-electron chi connectivity index (χ0n) is 15.1. The maximum atomic E-state index is 12.7. The second kappa shape index (κ2) is 9.67. The van der Waals surface area contributed by atoms with Crippen LogP contribution < -0.4 is 10.6 Å². The quantitative estimate of drug-likeness (QED) is 0.639. The van der Waals surface area contributed by atoms with E-state index in [1.165, 1.54) is 0 Å². The lowest BCUT2D eigenvalue weighted by atomic mass is 10.0. The van der Waals surface area contributed by atoms with Crippen LogP contribution >= 0.6 is 11.6 Å². The Hall–Kier alpha value is -3.18. The highest BCUT2D eigenvalue weighted by Crippen LogP contribution is 2.20. The van der Waals surface area contributed by atoms with Crippen LogP contribution in [-0.4, -0.2) is 16.8 Å². The van der Waals surface area contributed by atoms with Gasteiger partial charge in [-0.1, -0.05) is 54.1 Å². The predicted molar refractivity (Wildman–Crippen MR) is 109 cm³/mol. The molecular formula is C22H20ClN3O2. The van der Waals surface area contributed by atoms with Gasteiger partial charge in [0.15, 0.2) is 0 Å². The average molecular weight is 394 g/mol. The molecule has 0 radical (unpaired) electrons. The van der Waals surface area contributed by atoms with Crippen molar-refractivity contribution >= 4 is 23.4 Å². The Balaban J connectivity index is 1.70. The molecule has 1 atom stereocenters. The smallest absolute Gasteiger partial charge is 0.253 e. The van der Waals surface area contributed by atoms with Gasteiger partial charge in [0.2, 0.25) is 5.91 Å². The van der Waals surface area contributed by atoms with Gasteiger partial charge in [0.05, 0.1) is 23.0 Å². The molecule has 0 saturated carbocycles. The van der Waals surface area contributed by atoms with Gasteiger partial charge in [0, 0.05) is 18.9 Å². The standard InChI is InChI=1S/C22H20ClN3O2/c23-19-9-5-4-8-18(19)22(28)26-20(17-6-2-1-3-7-17)14-21(27)25-15-16-10-12-24-13-11-16/h1-13,20H,14-15H2,(H,25,27)(H,26,28). The summed E-state index contributed by atoms with van der Waals surface area (Å²) >= 11 is 6.13. The molecule has 3 rings (SSSR count). The lowest BCUT2D eigenvalue weighted by Crippen LogP contribution is -2.33. The highest BCUT2D eigenvalue weighted by atomic mass is 35.5. The molecule has 0 fully saturated rings. The fourth-order valence-corrected chi connectivity index (χ4v) is 3.00. The number of carbonyl (C=O) groups excluding carboxylic acids is 2. The van der Waals surface area contributed by atoms with Crippen LogP contribution in [-0.2, 0) is 11.3 Å². The SMILES string of the molecule is O=C(CC(NC(=O)c1ccccc1Cl)c1ccccc1)NCc1ccncc1. The van der Waals surface area contributed by atoms with Gasteiger partial charge in [-0.25, -0.2) is 0 Å². The van der Waals surface area contributed by atoms with E-state index in [9.17, 15) is 9.59 Å². The van der Waals surface area contributed by atoms with E-state index < -0.39 is 6.04 Å². The molecule has 1 aromatic heterocycles. The minimum Gasteiger partial charge on any atom is -0.352 e. The number of aromatic nitrogens is 1. The maximum absolute atomic E-state index is 12.7. The van der Waals surface area contributed by atoms with Crippen LogP contribution in [0.25, 0.3) is 0 Å². The molecule has 0 saturated heterocycles. The van der Waals surface area contributed by atoms with Crippen molar-refractivity contribution in [3.63, 3.8) is 0 Å². The molecule has 0 bridgehead atoms. The summed E-state index contributed by atoms with van der Waals surface area (Å²) in [5, 5.41) is 6.17. The predicted octanol–water partition coefficient (Wildman–Crippen LogP) is 3.91. The van der Waals surface area contributed by atoms with Crippen LogP contribution in [0, 0.1) is 0 Å². The zero-order valence-corrected chi connectivity index (χ0v) is 15.9. The van der Waals surface area contributed by atoms with Crippen molar-refractivity contribution < 1.29 is 9.59 Å². The number of hydrogen-bond acceptors (Lipinski definition) is 3. The highest BCUT2D eigenvalue weighted by molar-refractivity contribution is 6.33. The number of carbonyl (C=O) groups is 2. The second-order valence-corrected chi connectivity index (χ2v) is 6.66. The van der Waals surface area contributed by atoms with Crippen molar-refractivity contribution in [2.24, 2.45) is 0 Å². The van der Waals surface area contributed by atoms with Gasteiger partial charge in [-0.05, 0) is 35.4 Å². The normalized spacial score (nSPS) is 11.5. The maximum Gasteiger partial charge on any atom is 0.253 e. The Kier molecular flexibility index (Phi) is 6.76. The van der Waals surface area contributed by atoms with E-state index in [0.717, 1.165) is 11.1 Å². The van der Waals surface area contributed by atoms with Crippen molar-refractivity contribution in [1.29, 1.82) is 0 Å². The van der Waals surface area contributed by atoms with Crippen molar-refractivity contribution in [1.82, 2.24) is 15.6 Å². The Labute approximate surface area is 168 Å². The molecule has 0 aliphatic heterocycles. The summed E-state index contributed by atoms with van der Waals surface area (Å²) in [5.74, 6) is -0.480. The Bertz CT molecular complexity index is 933. The third kappa shape index (κ3) is 5.41. The van der Waals surface area contributed by atoms with Gasteiger partial charge in [0.25, 0.3) is 5.91 Å². The minimum atomic E-state index is -0.470. The first kappa shape index (κ1) is 19.6. The molecule has 2 N–H and O–H groups in total. The lowest BCUT2D eigenvalue weighted by molar-refractivity contribution is -0.121. The summed E-state index contributed by atoms with van der Waals surface area (Å²) in [5.41, 5.74) is 2.18. The Morgan fingerprint density at radius 1 is 0.929 bits per heavy atom. The number of hydrogen-bond donors (Lipinski definition) is 2. The van der Waals surface area contributed by atoms with Gasteiger partial charge >= 0.3 is 0 Å². The van der Waals surface area contributed by atoms with Gasteiger partial charge in [0.1, 0.15) is 0 Å². The van der Waals surface area contributed by atoms with Gasteiger partial charge in [-0.2, -0.15) is 0 Å². The zero-order chi connectivity index (χ0) is 19.8. The van der Waals surface area contributed by atoms with E-state index in [0.29, 0.717) is 17.1 Å². The van der Waals surface area contributed by atoms with Crippen LogP contribution in [0.15, 0.2) is 79.1 Å². The molecule has 1 unspecified atom stereocenters. The van der Waals surface area contributed by atoms with Crippen molar-refractivity contribution in [2.45, 2.75) is 19.0 Å². The fourth-order valence-electron chi connectivity index (χ4n) is 2.78. The van der Waals surface area contributed by atoms with E-state index in [1.807, 2.05) is 42.5 Å². The second-order valence-electron chi connectivity index (χ2n) is 6.25. The van der Waals surface area contributed by atoms with E-state index >= 15 is 0 Å². The lowest BCUT2D eigenvalue weighted by Gasteiger charge is -2.19. The summed E-state index contributed by atoms with van der Waals surface area (Å²) in [6, 6.07) is 19.4. The Morgan fingerprint density at radius 2 is 1.61 bits per heavy atom. The third-order valence-electron chi connectivity index (χ3n) is 4.25. The monoisotopic (exact) mass is 393 g/mol. The first-order valence-electron chi connectivity index (χ1n) is 8.89. The van der Waals surface area contributed by atoms with Crippen LogP contribution in [0.3, 0.4) is 0 Å². The number of nitrogens with zero attached hydrogens (tertiary/aromatic N) is 1.